The highest BCUT2D eigenvalue weighted by molar-refractivity contribution is 7.71. The fourth-order valence-electron chi connectivity index (χ4n) is 2.65. The van der Waals surface area contributed by atoms with Crippen molar-refractivity contribution in [3.63, 3.8) is 0 Å². The summed E-state index contributed by atoms with van der Waals surface area (Å²) in [6, 6.07) is 3.56. The molecule has 0 spiro atoms. The molecule has 25 heavy (non-hydrogen) atoms. The Morgan fingerprint density at radius 2 is 2.40 bits per heavy atom. The minimum atomic E-state index is -0.0939. The molecule has 0 aliphatic carbocycles. The molecular formula is C16H19ClN4O3S. The summed E-state index contributed by atoms with van der Waals surface area (Å²) < 4.78 is 18.5. The Kier molecular flexibility index (Phi) is 5.72. The first-order valence-corrected chi connectivity index (χ1v) is 8.76. The lowest BCUT2D eigenvalue weighted by atomic mass is 10.2. The van der Waals surface area contributed by atoms with Crippen molar-refractivity contribution in [3.05, 3.63) is 33.3 Å². The van der Waals surface area contributed by atoms with Gasteiger partial charge < -0.3 is 14.2 Å². The standard InChI is InChI=1S/C16H19ClN4O3S/c1-3-23-13-8-10(7-11(17)14(13)22-2)9-18-21-15(19-20-16(21)25)12-5-4-6-24-12/h7-9,12H,3-6H2,1-2H3,(H,20,25)/b18-9-/t12-/m0/s1. The number of hydrogen-bond acceptors (Lipinski definition) is 6. The molecule has 1 N–H and O–H groups in total. The SMILES string of the molecule is CCOc1cc(/C=N\n2c([C@@H]3CCCO3)n[nH]c2=S)cc(Cl)c1OC. The maximum Gasteiger partial charge on any atom is 0.216 e. The molecule has 2 heterocycles. The first-order valence-electron chi connectivity index (χ1n) is 7.97. The molecule has 7 nitrogen and oxygen atoms in total. The van der Waals surface area contributed by atoms with Crippen molar-refractivity contribution in [2.75, 3.05) is 20.3 Å². The molecule has 2 aromatic rings. The summed E-state index contributed by atoms with van der Waals surface area (Å²) in [5.74, 6) is 1.73. The van der Waals surface area contributed by atoms with Crippen LogP contribution in [-0.4, -0.2) is 41.4 Å². The Morgan fingerprint density at radius 1 is 1.56 bits per heavy atom. The van der Waals surface area contributed by atoms with Crippen molar-refractivity contribution in [3.8, 4) is 11.5 Å². The van der Waals surface area contributed by atoms with Crippen LogP contribution < -0.4 is 9.47 Å². The van der Waals surface area contributed by atoms with Crippen LogP contribution in [-0.2, 0) is 4.74 Å². The maximum absolute atomic E-state index is 6.26. The zero-order valence-corrected chi connectivity index (χ0v) is 15.6. The van der Waals surface area contributed by atoms with Crippen LogP contribution in [0.2, 0.25) is 5.02 Å². The summed E-state index contributed by atoms with van der Waals surface area (Å²) in [7, 11) is 1.55. The van der Waals surface area contributed by atoms with Crippen molar-refractivity contribution in [1.29, 1.82) is 0 Å². The smallest absolute Gasteiger partial charge is 0.216 e. The van der Waals surface area contributed by atoms with Gasteiger partial charge in [0.15, 0.2) is 17.3 Å². The van der Waals surface area contributed by atoms with Crippen molar-refractivity contribution in [2.45, 2.75) is 25.9 Å². The lowest BCUT2D eigenvalue weighted by molar-refractivity contribution is 0.102. The number of H-pyrrole nitrogens is 1. The molecule has 1 fully saturated rings. The van der Waals surface area contributed by atoms with Gasteiger partial charge in [-0.3, -0.25) is 5.10 Å². The number of benzene rings is 1. The third-order valence-electron chi connectivity index (χ3n) is 3.75. The van der Waals surface area contributed by atoms with E-state index in [4.69, 9.17) is 38.0 Å². The van der Waals surface area contributed by atoms with Crippen LogP contribution in [0.25, 0.3) is 0 Å². The zero-order chi connectivity index (χ0) is 17.8. The lowest BCUT2D eigenvalue weighted by Gasteiger charge is -2.11. The second-order valence-electron chi connectivity index (χ2n) is 5.41. The molecule has 1 aromatic heterocycles. The first kappa shape index (κ1) is 17.9. The van der Waals surface area contributed by atoms with E-state index in [9.17, 15) is 0 Å². The summed E-state index contributed by atoms with van der Waals surface area (Å²) in [6.07, 6.45) is 3.46. The van der Waals surface area contributed by atoms with Gasteiger partial charge in [0.25, 0.3) is 0 Å². The number of hydrogen-bond donors (Lipinski definition) is 1. The van der Waals surface area contributed by atoms with Crippen molar-refractivity contribution in [1.82, 2.24) is 14.9 Å². The fourth-order valence-corrected chi connectivity index (χ4v) is 3.14. The molecule has 3 rings (SSSR count). The number of nitrogens with zero attached hydrogens (tertiary/aromatic N) is 3. The number of aromatic nitrogens is 3. The van der Waals surface area contributed by atoms with Crippen LogP contribution in [0, 0.1) is 4.77 Å². The third kappa shape index (κ3) is 3.86. The molecule has 0 radical (unpaired) electrons. The van der Waals surface area contributed by atoms with Crippen LogP contribution >= 0.6 is 23.8 Å². The van der Waals surface area contributed by atoms with E-state index in [1.165, 1.54) is 0 Å². The molecule has 1 aliphatic rings. The number of ether oxygens (including phenoxy) is 3. The number of nitrogens with one attached hydrogen (secondary N) is 1. The summed E-state index contributed by atoms with van der Waals surface area (Å²) in [5, 5.41) is 11.9. The largest absolute Gasteiger partial charge is 0.491 e. The molecule has 0 bridgehead atoms. The van der Waals surface area contributed by atoms with Gasteiger partial charge in [0.1, 0.15) is 6.10 Å². The van der Waals surface area contributed by atoms with Crippen LogP contribution in [0.15, 0.2) is 17.2 Å². The second-order valence-corrected chi connectivity index (χ2v) is 6.21. The average Bonchev–Trinajstić information content (AvgIpc) is 3.23. The lowest BCUT2D eigenvalue weighted by Crippen LogP contribution is -2.05. The maximum atomic E-state index is 6.26. The third-order valence-corrected chi connectivity index (χ3v) is 4.30. The van der Waals surface area contributed by atoms with Crippen molar-refractivity contribution in [2.24, 2.45) is 5.10 Å². The summed E-state index contributed by atoms with van der Waals surface area (Å²) >= 11 is 11.5. The van der Waals surface area contributed by atoms with Crippen molar-refractivity contribution >= 4 is 30.0 Å². The molecular weight excluding hydrogens is 364 g/mol. The molecule has 1 atom stereocenters. The van der Waals surface area contributed by atoms with Crippen molar-refractivity contribution < 1.29 is 14.2 Å². The molecule has 0 saturated carbocycles. The summed E-state index contributed by atoms with van der Waals surface area (Å²) in [5.41, 5.74) is 0.760. The monoisotopic (exact) mass is 382 g/mol. The topological polar surface area (TPSA) is 73.7 Å². The van der Waals surface area contributed by atoms with E-state index in [2.05, 4.69) is 15.3 Å². The van der Waals surface area contributed by atoms with Crippen LogP contribution in [0.5, 0.6) is 11.5 Å². The van der Waals surface area contributed by atoms with Gasteiger partial charge >= 0.3 is 0 Å². The van der Waals surface area contributed by atoms with Crippen LogP contribution in [0.1, 0.15) is 37.3 Å². The number of halogens is 1. The highest BCUT2D eigenvalue weighted by Gasteiger charge is 2.23. The number of rotatable bonds is 6. The van der Waals surface area contributed by atoms with E-state index < -0.39 is 0 Å². The van der Waals surface area contributed by atoms with E-state index in [-0.39, 0.29) is 6.10 Å². The van der Waals surface area contributed by atoms with Gasteiger partial charge in [0, 0.05) is 6.61 Å². The van der Waals surface area contributed by atoms with E-state index in [0.29, 0.717) is 33.7 Å². The quantitative estimate of drug-likeness (QED) is 0.608. The predicted octanol–water partition coefficient (Wildman–Crippen LogP) is 3.74. The Labute approximate surface area is 155 Å². The Balaban J connectivity index is 1.92. The van der Waals surface area contributed by atoms with Gasteiger partial charge in [0.05, 0.1) is 25.0 Å². The van der Waals surface area contributed by atoms with Gasteiger partial charge in [0.2, 0.25) is 4.77 Å². The first-order chi connectivity index (χ1) is 12.1. The molecule has 134 valence electrons. The summed E-state index contributed by atoms with van der Waals surface area (Å²) in [4.78, 5) is 0. The molecule has 1 saturated heterocycles. The van der Waals surface area contributed by atoms with Gasteiger partial charge in [-0.2, -0.15) is 14.9 Å². The normalized spacial score (nSPS) is 17.3. The van der Waals surface area contributed by atoms with Gasteiger partial charge in [-0.15, -0.1) is 0 Å². The molecule has 1 aliphatic heterocycles. The predicted molar refractivity (Wildman–Crippen MR) is 97.5 cm³/mol. The highest BCUT2D eigenvalue weighted by Crippen LogP contribution is 2.36. The molecule has 0 unspecified atom stereocenters. The van der Waals surface area contributed by atoms with Gasteiger partial charge in [-0.05, 0) is 49.7 Å². The number of methoxy groups -OCH3 is 1. The van der Waals surface area contributed by atoms with E-state index in [1.807, 2.05) is 13.0 Å². The minimum absolute atomic E-state index is 0.0939. The molecule has 0 amide bonds. The highest BCUT2D eigenvalue weighted by atomic mass is 35.5. The molecule has 1 aromatic carbocycles. The van der Waals surface area contributed by atoms with Crippen LogP contribution in [0.3, 0.4) is 0 Å². The van der Waals surface area contributed by atoms with Crippen LogP contribution in [0.4, 0.5) is 0 Å². The minimum Gasteiger partial charge on any atom is -0.491 e. The van der Waals surface area contributed by atoms with E-state index >= 15 is 0 Å². The van der Waals surface area contributed by atoms with Gasteiger partial charge in [-0.1, -0.05) is 11.6 Å². The fraction of sp³-hybridized carbons (Fsp3) is 0.438. The average molecular weight is 383 g/mol. The Morgan fingerprint density at radius 3 is 3.08 bits per heavy atom. The Bertz CT molecular complexity index is 827. The second kappa shape index (κ2) is 7.99. The van der Waals surface area contributed by atoms with E-state index in [1.54, 1.807) is 24.1 Å². The van der Waals surface area contributed by atoms with E-state index in [0.717, 1.165) is 25.0 Å². The zero-order valence-electron chi connectivity index (χ0n) is 14.0. The van der Waals surface area contributed by atoms with Gasteiger partial charge in [-0.25, -0.2) is 0 Å². The summed E-state index contributed by atoms with van der Waals surface area (Å²) in [6.45, 7) is 3.12. The Hall–Kier alpha value is -1.90. The molecule has 9 heteroatoms. The number of aromatic amines is 1.